The first-order valence-corrected chi connectivity index (χ1v) is 14.4. The average molecular weight is 573 g/mol. The van der Waals surface area contributed by atoms with Crippen LogP contribution >= 0.6 is 23.2 Å². The van der Waals surface area contributed by atoms with Crippen LogP contribution in [0.15, 0.2) is 36.4 Å². The minimum Gasteiger partial charge on any atom is -0.454 e. The topological polar surface area (TPSA) is 105 Å². The summed E-state index contributed by atoms with van der Waals surface area (Å²) >= 11 is 12.4. The molecule has 0 fully saturated rings. The van der Waals surface area contributed by atoms with Gasteiger partial charge in [0.1, 0.15) is 12.6 Å². The Morgan fingerprint density at radius 2 is 1.78 bits per heavy atom. The molecule has 0 bridgehead atoms. The van der Waals surface area contributed by atoms with Crippen LogP contribution in [0.4, 0.5) is 5.69 Å². The maximum atomic E-state index is 13.7. The Hall–Kier alpha value is -2.69. The molecule has 0 saturated heterocycles. The van der Waals surface area contributed by atoms with Crippen molar-refractivity contribution in [1.29, 1.82) is 0 Å². The first-order chi connectivity index (χ1) is 17.4. The number of carbonyl (C=O) groups is 2. The summed E-state index contributed by atoms with van der Waals surface area (Å²) in [6.45, 7) is 5.63. The molecule has 2 aromatic carbocycles. The van der Waals surface area contributed by atoms with Crippen LogP contribution < -0.4 is 19.1 Å². The van der Waals surface area contributed by atoms with Crippen molar-refractivity contribution in [2.75, 3.05) is 30.4 Å². The van der Waals surface area contributed by atoms with Crippen molar-refractivity contribution in [3.05, 3.63) is 52.0 Å². The normalized spacial score (nSPS) is 13.4. The quantitative estimate of drug-likeness (QED) is 0.436. The zero-order valence-corrected chi connectivity index (χ0v) is 23.5. The fraction of sp³-hybridized carbons (Fsp3) is 0.440. The van der Waals surface area contributed by atoms with E-state index in [-0.39, 0.29) is 30.9 Å². The van der Waals surface area contributed by atoms with Gasteiger partial charge in [-0.05, 0) is 42.2 Å². The van der Waals surface area contributed by atoms with E-state index in [2.05, 4.69) is 5.32 Å². The van der Waals surface area contributed by atoms with E-state index < -0.39 is 28.5 Å². The molecule has 202 valence electrons. The largest absolute Gasteiger partial charge is 0.454 e. The van der Waals surface area contributed by atoms with Crippen LogP contribution in [0.25, 0.3) is 0 Å². The molecule has 0 aliphatic carbocycles. The van der Waals surface area contributed by atoms with Crippen molar-refractivity contribution < 1.29 is 27.5 Å². The van der Waals surface area contributed by atoms with E-state index in [1.54, 1.807) is 31.2 Å². The smallest absolute Gasteiger partial charge is 0.244 e. The SMILES string of the molecule is CC[C@@H](C(=O)NCC(C)C)N(Cc1ccc(Cl)cc1Cl)C(=O)CN(c1ccc2c(c1)OCO2)S(C)(=O)=O. The molecule has 0 saturated carbocycles. The number of ether oxygens (including phenoxy) is 2. The maximum absolute atomic E-state index is 13.7. The molecule has 0 aromatic heterocycles. The molecule has 3 rings (SSSR count). The summed E-state index contributed by atoms with van der Waals surface area (Å²) in [5, 5.41) is 3.63. The standard InChI is InChI=1S/C25H31Cl2N3O6S/c1-5-21(25(32)28-12-16(2)3)29(13-17-6-7-18(26)10-20(17)27)24(31)14-30(37(4,33)34)19-8-9-22-23(11-19)36-15-35-22/h6-11,16,21H,5,12-15H2,1-4H3,(H,28,32)/t21-/m0/s1. The van der Waals surface area contributed by atoms with Crippen LogP contribution in [-0.2, 0) is 26.2 Å². The van der Waals surface area contributed by atoms with Gasteiger partial charge in [0.2, 0.25) is 28.6 Å². The fourth-order valence-corrected chi connectivity index (χ4v) is 5.14. The third-order valence-corrected chi connectivity index (χ3v) is 7.48. The molecule has 2 amide bonds. The molecule has 1 atom stereocenters. The predicted molar refractivity (Wildman–Crippen MR) is 144 cm³/mol. The van der Waals surface area contributed by atoms with Crippen LogP contribution in [0.3, 0.4) is 0 Å². The second kappa shape index (κ2) is 12.2. The molecule has 37 heavy (non-hydrogen) atoms. The molecular formula is C25H31Cl2N3O6S. The Morgan fingerprint density at radius 1 is 1.08 bits per heavy atom. The van der Waals surface area contributed by atoms with Crippen LogP contribution in [0.5, 0.6) is 11.5 Å². The van der Waals surface area contributed by atoms with Gasteiger partial charge in [0.05, 0.1) is 11.9 Å². The van der Waals surface area contributed by atoms with E-state index >= 15 is 0 Å². The van der Waals surface area contributed by atoms with E-state index in [0.29, 0.717) is 40.1 Å². The van der Waals surface area contributed by atoms with Gasteiger partial charge in [-0.25, -0.2) is 8.42 Å². The third kappa shape index (κ3) is 7.43. The molecule has 1 aliphatic heterocycles. The summed E-state index contributed by atoms with van der Waals surface area (Å²) < 4.78 is 37.2. The van der Waals surface area contributed by atoms with Crippen molar-refractivity contribution >= 4 is 50.7 Å². The Morgan fingerprint density at radius 3 is 2.41 bits per heavy atom. The lowest BCUT2D eigenvalue weighted by Gasteiger charge is -2.33. The first kappa shape index (κ1) is 28.9. The average Bonchev–Trinajstić information content (AvgIpc) is 3.29. The number of hydrogen-bond donors (Lipinski definition) is 1. The highest BCUT2D eigenvalue weighted by Crippen LogP contribution is 2.36. The number of fused-ring (bicyclic) bond motifs is 1. The van der Waals surface area contributed by atoms with Crippen molar-refractivity contribution in [1.82, 2.24) is 10.2 Å². The van der Waals surface area contributed by atoms with Gasteiger partial charge in [-0.2, -0.15) is 0 Å². The van der Waals surface area contributed by atoms with Crippen molar-refractivity contribution in [2.45, 2.75) is 39.8 Å². The second-order valence-corrected chi connectivity index (χ2v) is 11.9. The Bertz CT molecular complexity index is 1250. The van der Waals surface area contributed by atoms with E-state index in [1.807, 2.05) is 13.8 Å². The fourth-order valence-electron chi connectivity index (χ4n) is 3.83. The maximum Gasteiger partial charge on any atom is 0.244 e. The minimum atomic E-state index is -3.88. The van der Waals surface area contributed by atoms with Crippen molar-refractivity contribution in [2.24, 2.45) is 5.92 Å². The minimum absolute atomic E-state index is 0.0127. The van der Waals surface area contributed by atoms with Crippen LogP contribution in [-0.4, -0.2) is 57.3 Å². The number of anilines is 1. The first-order valence-electron chi connectivity index (χ1n) is 11.8. The highest BCUT2D eigenvalue weighted by Gasteiger charge is 2.32. The van der Waals surface area contributed by atoms with Gasteiger partial charge in [0.15, 0.2) is 11.5 Å². The highest BCUT2D eigenvalue weighted by molar-refractivity contribution is 7.92. The lowest BCUT2D eigenvalue weighted by Crippen LogP contribution is -2.52. The van der Waals surface area contributed by atoms with Gasteiger partial charge in [-0.1, -0.05) is 50.0 Å². The Kier molecular flexibility index (Phi) is 9.55. The second-order valence-electron chi connectivity index (χ2n) is 9.13. The molecular weight excluding hydrogens is 541 g/mol. The highest BCUT2D eigenvalue weighted by atomic mass is 35.5. The number of nitrogens with zero attached hydrogens (tertiary/aromatic N) is 2. The predicted octanol–water partition coefficient (Wildman–Crippen LogP) is 4.07. The molecule has 0 spiro atoms. The molecule has 9 nitrogen and oxygen atoms in total. The van der Waals surface area contributed by atoms with Gasteiger partial charge in [-0.3, -0.25) is 13.9 Å². The number of carbonyl (C=O) groups excluding carboxylic acids is 2. The molecule has 0 unspecified atom stereocenters. The van der Waals surface area contributed by atoms with E-state index in [9.17, 15) is 18.0 Å². The molecule has 0 radical (unpaired) electrons. The van der Waals surface area contributed by atoms with Gasteiger partial charge >= 0.3 is 0 Å². The Balaban J connectivity index is 1.96. The summed E-state index contributed by atoms with van der Waals surface area (Å²) in [6.07, 6.45) is 1.32. The number of nitrogens with one attached hydrogen (secondary N) is 1. The lowest BCUT2D eigenvalue weighted by molar-refractivity contribution is -0.140. The van der Waals surface area contributed by atoms with Crippen LogP contribution in [0.2, 0.25) is 10.0 Å². The summed E-state index contributed by atoms with van der Waals surface area (Å²) in [7, 11) is -3.88. The van der Waals surface area contributed by atoms with E-state index in [0.717, 1.165) is 10.6 Å². The molecule has 1 aliphatic rings. The zero-order valence-electron chi connectivity index (χ0n) is 21.2. The Labute approximate surface area is 227 Å². The van der Waals surface area contributed by atoms with Crippen molar-refractivity contribution in [3.8, 4) is 11.5 Å². The summed E-state index contributed by atoms with van der Waals surface area (Å²) in [5.41, 5.74) is 0.811. The molecule has 12 heteroatoms. The summed E-state index contributed by atoms with van der Waals surface area (Å²) in [4.78, 5) is 28.2. The summed E-state index contributed by atoms with van der Waals surface area (Å²) in [6, 6.07) is 8.64. The van der Waals surface area contributed by atoms with Crippen LogP contribution in [0, 0.1) is 5.92 Å². The number of halogens is 2. The van der Waals surface area contributed by atoms with Gasteiger partial charge in [0, 0.05) is 29.2 Å². The molecule has 1 heterocycles. The van der Waals surface area contributed by atoms with E-state index in [4.69, 9.17) is 32.7 Å². The van der Waals surface area contributed by atoms with Gasteiger partial charge < -0.3 is 19.7 Å². The number of hydrogen-bond acceptors (Lipinski definition) is 6. The van der Waals surface area contributed by atoms with E-state index in [1.165, 1.54) is 17.0 Å². The van der Waals surface area contributed by atoms with Gasteiger partial charge in [0.25, 0.3) is 0 Å². The third-order valence-electron chi connectivity index (χ3n) is 5.75. The number of amides is 2. The monoisotopic (exact) mass is 571 g/mol. The number of benzene rings is 2. The summed E-state index contributed by atoms with van der Waals surface area (Å²) in [5.74, 6) is 0.172. The van der Waals surface area contributed by atoms with Crippen LogP contribution in [0.1, 0.15) is 32.8 Å². The number of rotatable bonds is 11. The van der Waals surface area contributed by atoms with Crippen molar-refractivity contribution in [3.63, 3.8) is 0 Å². The number of sulfonamides is 1. The molecule has 2 aromatic rings. The van der Waals surface area contributed by atoms with Gasteiger partial charge in [-0.15, -0.1) is 0 Å². The zero-order chi connectivity index (χ0) is 27.3. The molecule has 1 N–H and O–H groups in total. The lowest BCUT2D eigenvalue weighted by atomic mass is 10.1.